The summed E-state index contributed by atoms with van der Waals surface area (Å²) in [6, 6.07) is 17.1. The summed E-state index contributed by atoms with van der Waals surface area (Å²) in [5, 5.41) is 20.7. The first-order valence-electron chi connectivity index (χ1n) is 23.0. The van der Waals surface area contributed by atoms with Crippen molar-refractivity contribution in [1.29, 1.82) is 0 Å². The number of unbranched alkanes of at least 4 members (excludes halogenated alkanes) is 2. The molecule has 65 heavy (non-hydrogen) atoms. The standard InChI is InChI=1S/C49H78N4O10Si2/c1-14-17-19-24-40(41(15-2)53(35-55)60-30-36-22-20-18-21-23-36)45(57)50-34-51-46(58)43-26-25-42(63-43)37-27-38(29-39(28-37)59-16-3)44(56)52-49(31-54,32-61-64(10,11)47(4,5)6)33-62-65(12,13)48(7,8)9/h18,20-23,25-29,35,40-41,54H,14-17,19,24,30-34H2,1-13H3,(H,50,57)(H,51,58)(H,52,56)/t40-,41-/m1/s1. The number of hydrogen-bond acceptors (Lipinski definition) is 10. The van der Waals surface area contributed by atoms with Crippen molar-refractivity contribution < 1.29 is 47.1 Å². The van der Waals surface area contributed by atoms with Gasteiger partial charge in [0.15, 0.2) is 22.4 Å². The fraction of sp³-hybridized carbons (Fsp3) is 0.592. The smallest absolute Gasteiger partial charge is 0.288 e. The van der Waals surface area contributed by atoms with Crippen LogP contribution in [0.15, 0.2) is 65.1 Å². The molecule has 1 aromatic heterocycles. The Labute approximate surface area is 390 Å². The highest BCUT2D eigenvalue weighted by atomic mass is 28.4. The summed E-state index contributed by atoms with van der Waals surface area (Å²) in [6.07, 6.45) is 4.30. The molecule has 4 N–H and O–H groups in total. The lowest BCUT2D eigenvalue weighted by Crippen LogP contribution is -2.61. The molecular weight excluding hydrogens is 861 g/mol. The molecule has 362 valence electrons. The molecule has 0 bridgehead atoms. The van der Waals surface area contributed by atoms with Gasteiger partial charge in [0.2, 0.25) is 12.3 Å². The number of amides is 4. The zero-order valence-corrected chi connectivity index (χ0v) is 43.4. The van der Waals surface area contributed by atoms with Crippen LogP contribution < -0.4 is 20.7 Å². The van der Waals surface area contributed by atoms with Crippen LogP contribution >= 0.6 is 0 Å². The Morgan fingerprint density at radius 1 is 0.831 bits per heavy atom. The van der Waals surface area contributed by atoms with E-state index in [1.54, 1.807) is 24.3 Å². The van der Waals surface area contributed by atoms with Crippen molar-refractivity contribution in [3.63, 3.8) is 0 Å². The summed E-state index contributed by atoms with van der Waals surface area (Å²) < 4.78 is 25.1. The highest BCUT2D eigenvalue weighted by molar-refractivity contribution is 6.74. The van der Waals surface area contributed by atoms with Crippen LogP contribution in [0, 0.1) is 5.92 Å². The number of hydroxylamine groups is 2. The summed E-state index contributed by atoms with van der Waals surface area (Å²) in [4.78, 5) is 59.5. The van der Waals surface area contributed by atoms with Gasteiger partial charge in [-0.05, 0) is 91.9 Å². The van der Waals surface area contributed by atoms with Crippen molar-refractivity contribution in [2.45, 2.75) is 149 Å². The lowest BCUT2D eigenvalue weighted by molar-refractivity contribution is -0.200. The summed E-state index contributed by atoms with van der Waals surface area (Å²) in [6.45, 7) is 27.1. The third-order valence-electron chi connectivity index (χ3n) is 12.8. The lowest BCUT2D eigenvalue weighted by Gasteiger charge is -2.43. The van der Waals surface area contributed by atoms with Gasteiger partial charge in [0, 0.05) is 11.1 Å². The van der Waals surface area contributed by atoms with Gasteiger partial charge in [0.1, 0.15) is 23.7 Å². The van der Waals surface area contributed by atoms with Gasteiger partial charge in [0.25, 0.3) is 11.8 Å². The molecule has 0 fully saturated rings. The van der Waals surface area contributed by atoms with E-state index < -0.39 is 52.6 Å². The number of furan rings is 1. The van der Waals surface area contributed by atoms with Crippen LogP contribution in [0.5, 0.6) is 5.75 Å². The van der Waals surface area contributed by atoms with Gasteiger partial charge in [-0.1, -0.05) is 105 Å². The van der Waals surface area contributed by atoms with E-state index in [1.165, 1.54) is 11.1 Å². The molecule has 0 saturated carbocycles. The van der Waals surface area contributed by atoms with E-state index in [0.717, 1.165) is 24.8 Å². The number of aliphatic hydroxyl groups excluding tert-OH is 1. The fourth-order valence-electron chi connectivity index (χ4n) is 6.48. The first-order valence-corrected chi connectivity index (χ1v) is 28.8. The minimum absolute atomic E-state index is 0.0145. The Morgan fingerprint density at radius 3 is 2.00 bits per heavy atom. The minimum atomic E-state index is -2.31. The maximum atomic E-state index is 14.3. The average molecular weight is 939 g/mol. The Morgan fingerprint density at radius 2 is 1.46 bits per heavy atom. The number of hydrogen-bond donors (Lipinski definition) is 4. The summed E-state index contributed by atoms with van der Waals surface area (Å²) in [5.41, 5.74) is 0.356. The van der Waals surface area contributed by atoms with Crippen LogP contribution in [0.2, 0.25) is 36.3 Å². The van der Waals surface area contributed by atoms with Gasteiger partial charge in [-0.3, -0.25) is 24.0 Å². The maximum Gasteiger partial charge on any atom is 0.288 e. The van der Waals surface area contributed by atoms with Crippen LogP contribution in [-0.2, 0) is 29.9 Å². The van der Waals surface area contributed by atoms with Crippen molar-refractivity contribution in [1.82, 2.24) is 21.0 Å². The molecule has 0 aliphatic carbocycles. The SMILES string of the molecule is CCCCC[C@@H](C(=O)NCNC(=O)c1ccc(-c2cc(OCC)cc(C(=O)NC(CO)(CO[Si](C)(C)C(C)(C)C)CO[Si](C)(C)C(C)(C)C)c2)o1)[C@@H](CC)N(C=O)OCc1ccccc1. The zero-order chi connectivity index (χ0) is 48.6. The van der Waals surface area contributed by atoms with Crippen LogP contribution in [-0.4, -0.2) is 95.6 Å². The van der Waals surface area contributed by atoms with Gasteiger partial charge in [0.05, 0.1) is 45.1 Å². The largest absolute Gasteiger partial charge is 0.494 e. The molecular formula is C49H78N4O10Si2. The monoisotopic (exact) mass is 939 g/mol. The first-order chi connectivity index (χ1) is 30.5. The summed E-state index contributed by atoms with van der Waals surface area (Å²) in [5.74, 6) is -1.25. The van der Waals surface area contributed by atoms with Crippen LogP contribution in [0.1, 0.15) is 121 Å². The Hall–Kier alpha value is -4.33. The average Bonchev–Trinajstić information content (AvgIpc) is 3.76. The van der Waals surface area contributed by atoms with Crippen molar-refractivity contribution in [3.05, 3.63) is 77.6 Å². The number of carbonyl (C=O) groups is 4. The third kappa shape index (κ3) is 15.9. The lowest BCUT2D eigenvalue weighted by atomic mass is 9.90. The van der Waals surface area contributed by atoms with E-state index >= 15 is 0 Å². The third-order valence-corrected chi connectivity index (χ3v) is 21.8. The molecule has 3 rings (SSSR count). The molecule has 0 aliphatic heterocycles. The molecule has 2 aromatic carbocycles. The normalized spacial score (nSPS) is 13.4. The maximum absolute atomic E-state index is 14.3. The molecule has 4 amide bonds. The van der Waals surface area contributed by atoms with E-state index in [-0.39, 0.29) is 53.8 Å². The van der Waals surface area contributed by atoms with E-state index in [0.29, 0.717) is 42.9 Å². The molecule has 0 aliphatic rings. The highest BCUT2D eigenvalue weighted by Gasteiger charge is 2.44. The number of nitrogens with one attached hydrogen (secondary N) is 3. The number of nitrogens with zero attached hydrogens (tertiary/aromatic N) is 1. The van der Waals surface area contributed by atoms with Gasteiger partial charge < -0.3 is 39.1 Å². The second-order valence-corrected chi connectivity index (χ2v) is 29.5. The van der Waals surface area contributed by atoms with Gasteiger partial charge >= 0.3 is 0 Å². The quantitative estimate of drug-likeness (QED) is 0.0189. The first kappa shape index (κ1) is 55.0. The van der Waals surface area contributed by atoms with Crippen LogP contribution in [0.25, 0.3) is 11.3 Å². The number of rotatable bonds is 27. The molecule has 0 spiro atoms. The number of ether oxygens (including phenoxy) is 1. The number of benzene rings is 2. The topological polar surface area (TPSA) is 178 Å². The van der Waals surface area contributed by atoms with Crippen molar-refractivity contribution in [2.24, 2.45) is 5.92 Å². The predicted octanol–water partition coefficient (Wildman–Crippen LogP) is 9.22. The van der Waals surface area contributed by atoms with Crippen LogP contribution in [0.4, 0.5) is 0 Å². The molecule has 0 unspecified atom stereocenters. The Balaban J connectivity index is 1.82. The number of aliphatic hydroxyl groups is 1. The molecule has 16 heteroatoms. The Kier molecular flexibility index (Phi) is 20.7. The molecule has 2 atom stereocenters. The molecule has 1 heterocycles. The van der Waals surface area contributed by atoms with E-state index in [9.17, 15) is 24.3 Å². The molecule has 0 saturated heterocycles. The molecule has 0 radical (unpaired) electrons. The zero-order valence-electron chi connectivity index (χ0n) is 41.4. The summed E-state index contributed by atoms with van der Waals surface area (Å²) >= 11 is 0. The van der Waals surface area contributed by atoms with E-state index in [4.69, 9.17) is 22.8 Å². The van der Waals surface area contributed by atoms with Crippen molar-refractivity contribution >= 4 is 40.8 Å². The number of carbonyl (C=O) groups excluding carboxylic acids is 4. The van der Waals surface area contributed by atoms with Crippen LogP contribution in [0.3, 0.4) is 0 Å². The fourth-order valence-corrected chi connectivity index (χ4v) is 8.62. The van der Waals surface area contributed by atoms with Crippen molar-refractivity contribution in [2.75, 3.05) is 33.1 Å². The minimum Gasteiger partial charge on any atom is -0.494 e. The summed E-state index contributed by atoms with van der Waals surface area (Å²) in [7, 11) is -4.63. The highest BCUT2D eigenvalue weighted by Crippen LogP contribution is 2.39. The van der Waals surface area contributed by atoms with Gasteiger partial charge in [-0.2, -0.15) is 0 Å². The van der Waals surface area contributed by atoms with Crippen molar-refractivity contribution in [3.8, 4) is 17.1 Å². The Bertz CT molecular complexity index is 1950. The molecule has 3 aromatic rings. The predicted molar refractivity (Wildman–Crippen MR) is 260 cm³/mol. The van der Waals surface area contributed by atoms with Gasteiger partial charge in [-0.15, -0.1) is 0 Å². The second-order valence-electron chi connectivity index (χ2n) is 19.9. The molecule has 14 nitrogen and oxygen atoms in total. The van der Waals surface area contributed by atoms with E-state index in [1.807, 2.05) is 44.2 Å². The van der Waals surface area contributed by atoms with Gasteiger partial charge in [-0.25, -0.2) is 5.06 Å². The second kappa shape index (κ2) is 24.4. The van der Waals surface area contributed by atoms with E-state index in [2.05, 4.69) is 90.6 Å².